The van der Waals surface area contributed by atoms with Crippen molar-refractivity contribution in [2.45, 2.75) is 19.4 Å². The molecule has 0 spiro atoms. The maximum Gasteiger partial charge on any atom is 0.220 e. The van der Waals surface area contributed by atoms with Gasteiger partial charge in [-0.25, -0.2) is 4.98 Å². The van der Waals surface area contributed by atoms with Crippen LogP contribution in [0, 0.1) is 5.92 Å². The number of pyridine rings is 1. The Labute approximate surface area is 107 Å². The van der Waals surface area contributed by atoms with Gasteiger partial charge in [-0.1, -0.05) is 6.07 Å². The molecule has 0 unspecified atom stereocenters. The number of hydrogen-bond donors (Lipinski definition) is 2. The first-order chi connectivity index (χ1) is 8.69. The Morgan fingerprint density at radius 2 is 2.22 bits per heavy atom. The van der Waals surface area contributed by atoms with Crippen molar-refractivity contribution in [1.82, 2.24) is 9.88 Å². The number of nitrogens with one attached hydrogen (secondary N) is 1. The van der Waals surface area contributed by atoms with Crippen LogP contribution >= 0.6 is 0 Å². The van der Waals surface area contributed by atoms with Crippen molar-refractivity contribution >= 4 is 11.7 Å². The van der Waals surface area contributed by atoms with Crippen molar-refractivity contribution in [3.63, 3.8) is 0 Å². The molecule has 1 aliphatic heterocycles. The van der Waals surface area contributed by atoms with E-state index in [9.17, 15) is 4.79 Å². The van der Waals surface area contributed by atoms with Gasteiger partial charge in [0.1, 0.15) is 5.82 Å². The smallest absolute Gasteiger partial charge is 0.220 e. The van der Waals surface area contributed by atoms with Crippen LogP contribution in [0.3, 0.4) is 0 Å². The monoisotopic (exact) mass is 248 g/mol. The summed E-state index contributed by atoms with van der Waals surface area (Å²) in [7, 11) is 1.86. The Hall–Kier alpha value is -1.62. The second kappa shape index (κ2) is 5.82. The Bertz CT molecular complexity index is 396. The molecule has 2 heterocycles. The van der Waals surface area contributed by atoms with E-state index < -0.39 is 0 Å². The predicted octanol–water partition coefficient (Wildman–Crippen LogP) is 0.821. The van der Waals surface area contributed by atoms with Crippen molar-refractivity contribution in [2.24, 2.45) is 11.7 Å². The highest BCUT2D eigenvalue weighted by Crippen LogP contribution is 2.18. The van der Waals surface area contributed by atoms with Crippen LogP contribution in [0.1, 0.15) is 18.4 Å². The molecule has 1 saturated heterocycles. The number of aromatic nitrogens is 1. The van der Waals surface area contributed by atoms with Gasteiger partial charge in [0.15, 0.2) is 0 Å². The zero-order valence-corrected chi connectivity index (χ0v) is 10.7. The van der Waals surface area contributed by atoms with E-state index >= 15 is 0 Å². The molecule has 0 aromatic carbocycles. The number of piperidine rings is 1. The lowest BCUT2D eigenvalue weighted by molar-refractivity contribution is -0.123. The molecule has 3 N–H and O–H groups in total. The number of amides is 1. The van der Waals surface area contributed by atoms with Crippen molar-refractivity contribution in [1.29, 1.82) is 0 Å². The Morgan fingerprint density at radius 3 is 2.72 bits per heavy atom. The lowest BCUT2D eigenvalue weighted by Crippen LogP contribution is -2.38. The third-order valence-electron chi connectivity index (χ3n) is 3.48. The second-order valence-electron chi connectivity index (χ2n) is 4.75. The number of carbonyl (C=O) groups is 1. The van der Waals surface area contributed by atoms with E-state index in [2.05, 4.69) is 21.3 Å². The van der Waals surface area contributed by atoms with E-state index in [0.717, 1.165) is 38.3 Å². The van der Waals surface area contributed by atoms with E-state index in [-0.39, 0.29) is 11.8 Å². The molecular weight excluding hydrogens is 228 g/mol. The summed E-state index contributed by atoms with van der Waals surface area (Å²) in [6.07, 6.45) is 3.64. The average molecular weight is 248 g/mol. The zero-order chi connectivity index (χ0) is 13.0. The Kier molecular flexibility index (Phi) is 4.15. The molecule has 0 atom stereocenters. The van der Waals surface area contributed by atoms with Gasteiger partial charge < -0.3 is 11.1 Å². The lowest BCUT2D eigenvalue weighted by atomic mass is 9.96. The molecular formula is C13H20N4O. The SMILES string of the molecule is CNc1ccc(CN2CCC(C(N)=O)CC2)cn1. The molecule has 0 bridgehead atoms. The minimum Gasteiger partial charge on any atom is -0.373 e. The zero-order valence-electron chi connectivity index (χ0n) is 10.7. The fourth-order valence-electron chi connectivity index (χ4n) is 2.30. The van der Waals surface area contributed by atoms with E-state index in [1.165, 1.54) is 5.56 Å². The molecule has 18 heavy (non-hydrogen) atoms. The first-order valence-electron chi connectivity index (χ1n) is 6.33. The molecule has 1 aromatic rings. The summed E-state index contributed by atoms with van der Waals surface area (Å²) in [6, 6.07) is 4.06. The molecule has 1 aliphatic rings. The summed E-state index contributed by atoms with van der Waals surface area (Å²) in [5, 5.41) is 3.00. The molecule has 5 nitrogen and oxygen atoms in total. The number of anilines is 1. The average Bonchev–Trinajstić information content (AvgIpc) is 2.40. The van der Waals surface area contributed by atoms with Gasteiger partial charge in [0, 0.05) is 25.7 Å². The molecule has 0 aliphatic carbocycles. The molecule has 1 amide bonds. The van der Waals surface area contributed by atoms with Gasteiger partial charge in [-0.2, -0.15) is 0 Å². The minimum absolute atomic E-state index is 0.0612. The van der Waals surface area contributed by atoms with E-state index in [1.54, 1.807) is 0 Å². The van der Waals surface area contributed by atoms with E-state index in [4.69, 9.17) is 5.73 Å². The summed E-state index contributed by atoms with van der Waals surface area (Å²) in [5.41, 5.74) is 6.52. The molecule has 1 fully saturated rings. The van der Waals surface area contributed by atoms with Gasteiger partial charge in [0.25, 0.3) is 0 Å². The molecule has 0 radical (unpaired) electrons. The summed E-state index contributed by atoms with van der Waals surface area (Å²) in [6.45, 7) is 2.76. The number of hydrogen-bond acceptors (Lipinski definition) is 4. The van der Waals surface area contributed by atoms with Gasteiger partial charge in [0.05, 0.1) is 0 Å². The van der Waals surface area contributed by atoms with Gasteiger partial charge in [0.2, 0.25) is 5.91 Å². The van der Waals surface area contributed by atoms with E-state index in [1.807, 2.05) is 19.3 Å². The summed E-state index contributed by atoms with van der Waals surface area (Å²) < 4.78 is 0. The largest absolute Gasteiger partial charge is 0.373 e. The van der Waals surface area contributed by atoms with Gasteiger partial charge >= 0.3 is 0 Å². The van der Waals surface area contributed by atoms with Crippen LogP contribution in [0.2, 0.25) is 0 Å². The van der Waals surface area contributed by atoms with Crippen molar-refractivity contribution in [2.75, 3.05) is 25.5 Å². The fraction of sp³-hybridized carbons (Fsp3) is 0.538. The third-order valence-corrected chi connectivity index (χ3v) is 3.48. The highest BCUT2D eigenvalue weighted by atomic mass is 16.1. The van der Waals surface area contributed by atoms with Crippen molar-refractivity contribution in [3.8, 4) is 0 Å². The predicted molar refractivity (Wildman–Crippen MR) is 71.0 cm³/mol. The minimum atomic E-state index is -0.158. The normalized spacial score (nSPS) is 17.6. The third kappa shape index (κ3) is 3.20. The van der Waals surface area contributed by atoms with Crippen LogP contribution < -0.4 is 11.1 Å². The number of likely N-dealkylation sites (tertiary alicyclic amines) is 1. The number of nitrogens with zero attached hydrogens (tertiary/aromatic N) is 2. The first kappa shape index (κ1) is 12.8. The van der Waals surface area contributed by atoms with Gasteiger partial charge in [-0.15, -0.1) is 0 Å². The van der Waals surface area contributed by atoms with Gasteiger partial charge in [-0.05, 0) is 37.6 Å². The maximum atomic E-state index is 11.1. The summed E-state index contributed by atoms with van der Waals surface area (Å²) >= 11 is 0. The summed E-state index contributed by atoms with van der Waals surface area (Å²) in [5.74, 6) is 0.784. The fourth-order valence-corrected chi connectivity index (χ4v) is 2.30. The molecule has 1 aromatic heterocycles. The molecule has 98 valence electrons. The van der Waals surface area contributed by atoms with Crippen molar-refractivity contribution < 1.29 is 4.79 Å². The molecule has 0 saturated carbocycles. The Morgan fingerprint density at radius 1 is 1.50 bits per heavy atom. The first-order valence-corrected chi connectivity index (χ1v) is 6.33. The number of primary amides is 1. The molecule has 2 rings (SSSR count). The number of nitrogens with two attached hydrogens (primary N) is 1. The quantitative estimate of drug-likeness (QED) is 0.827. The van der Waals surface area contributed by atoms with Crippen LogP contribution in [-0.2, 0) is 11.3 Å². The second-order valence-corrected chi connectivity index (χ2v) is 4.75. The topological polar surface area (TPSA) is 71.2 Å². The Balaban J connectivity index is 1.85. The van der Waals surface area contributed by atoms with Crippen LogP contribution in [0.5, 0.6) is 0 Å². The van der Waals surface area contributed by atoms with Crippen LogP contribution in [0.25, 0.3) is 0 Å². The van der Waals surface area contributed by atoms with Crippen molar-refractivity contribution in [3.05, 3.63) is 23.9 Å². The highest BCUT2D eigenvalue weighted by Gasteiger charge is 2.22. The lowest BCUT2D eigenvalue weighted by Gasteiger charge is -2.30. The van der Waals surface area contributed by atoms with Crippen LogP contribution in [-0.4, -0.2) is 35.9 Å². The van der Waals surface area contributed by atoms with E-state index in [0.29, 0.717) is 0 Å². The summed E-state index contributed by atoms with van der Waals surface area (Å²) in [4.78, 5) is 17.7. The van der Waals surface area contributed by atoms with Crippen LogP contribution in [0.15, 0.2) is 18.3 Å². The van der Waals surface area contributed by atoms with Gasteiger partial charge in [-0.3, -0.25) is 9.69 Å². The number of rotatable bonds is 4. The maximum absolute atomic E-state index is 11.1. The molecule has 5 heteroatoms. The number of carbonyl (C=O) groups excluding carboxylic acids is 1. The standard InChI is InChI=1S/C13H20N4O/c1-15-12-3-2-10(8-16-12)9-17-6-4-11(5-7-17)13(14)18/h2-3,8,11H,4-7,9H2,1H3,(H2,14,18)(H,15,16). The highest BCUT2D eigenvalue weighted by molar-refractivity contribution is 5.76. The van der Waals surface area contributed by atoms with Crippen LogP contribution in [0.4, 0.5) is 5.82 Å².